The summed E-state index contributed by atoms with van der Waals surface area (Å²) in [6, 6.07) is 7.37. The fraction of sp³-hybridized carbons (Fsp3) is 0.583. The minimum atomic E-state index is -0.505. The van der Waals surface area contributed by atoms with Crippen molar-refractivity contribution in [3.63, 3.8) is 0 Å². The summed E-state index contributed by atoms with van der Waals surface area (Å²) in [5.74, 6) is 2.39. The normalized spacial score (nSPS) is 17.2. The number of unbranched alkanes of at least 4 members (excludes halogenated alkanes) is 1. The van der Waals surface area contributed by atoms with Gasteiger partial charge in [0.05, 0.1) is 24.9 Å². The Labute approximate surface area is 200 Å². The van der Waals surface area contributed by atoms with E-state index in [0.29, 0.717) is 12.3 Å². The first-order chi connectivity index (χ1) is 15.2. The molecular formula is C24H36N4O2S2. The first kappa shape index (κ1) is 25.0. The number of ether oxygens (including phenoxy) is 1. The van der Waals surface area contributed by atoms with Crippen LogP contribution in [0.5, 0.6) is 5.75 Å². The minimum absolute atomic E-state index is 0.0289. The number of para-hydroxylation sites is 1. The van der Waals surface area contributed by atoms with Gasteiger partial charge in [0, 0.05) is 35.3 Å². The lowest BCUT2D eigenvalue weighted by Gasteiger charge is -2.37. The van der Waals surface area contributed by atoms with E-state index < -0.39 is 6.04 Å². The molecule has 3 rings (SSSR count). The van der Waals surface area contributed by atoms with Gasteiger partial charge in [-0.1, -0.05) is 74.3 Å². The summed E-state index contributed by atoms with van der Waals surface area (Å²) in [7, 11) is 5.13. The van der Waals surface area contributed by atoms with E-state index in [1.165, 1.54) is 0 Å². The summed E-state index contributed by atoms with van der Waals surface area (Å²) in [6.07, 6.45) is 5.09. The van der Waals surface area contributed by atoms with Crippen molar-refractivity contribution < 1.29 is 9.53 Å². The van der Waals surface area contributed by atoms with Crippen LogP contribution < -0.4 is 10.5 Å². The van der Waals surface area contributed by atoms with E-state index in [0.717, 1.165) is 48.6 Å². The molecule has 2 unspecified atom stereocenters. The van der Waals surface area contributed by atoms with Crippen molar-refractivity contribution in [2.75, 3.05) is 19.4 Å². The van der Waals surface area contributed by atoms with Crippen molar-refractivity contribution in [2.24, 2.45) is 5.73 Å². The van der Waals surface area contributed by atoms with E-state index in [1.54, 1.807) is 28.7 Å². The lowest BCUT2D eigenvalue weighted by Crippen LogP contribution is -2.50. The van der Waals surface area contributed by atoms with Gasteiger partial charge in [-0.15, -0.1) is 0 Å². The zero-order chi connectivity index (χ0) is 23.3. The molecule has 2 heterocycles. The molecule has 0 saturated heterocycles. The monoisotopic (exact) mass is 476 g/mol. The number of amides is 1. The molecule has 1 amide bonds. The number of carbonyl (C=O) groups is 1. The van der Waals surface area contributed by atoms with Gasteiger partial charge in [-0.2, -0.15) is 0 Å². The number of nitrogens with two attached hydrogens (primary N) is 1. The summed E-state index contributed by atoms with van der Waals surface area (Å²) < 4.78 is 7.88. The maximum Gasteiger partial charge on any atom is 0.241 e. The summed E-state index contributed by atoms with van der Waals surface area (Å²) in [5.41, 5.74) is 8.21. The predicted molar refractivity (Wildman–Crippen MR) is 136 cm³/mol. The van der Waals surface area contributed by atoms with Crippen LogP contribution in [0.25, 0.3) is 11.3 Å². The third kappa shape index (κ3) is 6.02. The molecule has 0 radical (unpaired) electrons. The molecular weight excluding hydrogens is 440 g/mol. The Morgan fingerprint density at radius 2 is 2.06 bits per heavy atom. The van der Waals surface area contributed by atoms with Crippen LogP contribution in [0.15, 0.2) is 30.5 Å². The summed E-state index contributed by atoms with van der Waals surface area (Å²) in [5, 5.41) is 0. The van der Waals surface area contributed by atoms with Crippen molar-refractivity contribution >= 4 is 27.5 Å². The van der Waals surface area contributed by atoms with Crippen LogP contribution in [0, 0.1) is 0 Å². The van der Waals surface area contributed by atoms with Gasteiger partial charge in [0.25, 0.3) is 0 Å². The molecule has 1 aliphatic rings. The molecule has 2 aromatic rings. The first-order valence-electron chi connectivity index (χ1n) is 11.3. The molecule has 0 aliphatic carbocycles. The number of rotatable bonds is 9. The number of methoxy groups -OCH3 is 1. The molecule has 32 heavy (non-hydrogen) atoms. The topological polar surface area (TPSA) is 73.4 Å². The van der Waals surface area contributed by atoms with Gasteiger partial charge in [-0.25, -0.2) is 4.98 Å². The number of hydrogen-bond acceptors (Lipinski definition) is 6. The van der Waals surface area contributed by atoms with Gasteiger partial charge in [0.2, 0.25) is 5.91 Å². The Hall–Kier alpha value is -1.64. The van der Waals surface area contributed by atoms with Crippen molar-refractivity contribution in [1.82, 2.24) is 14.5 Å². The van der Waals surface area contributed by atoms with Gasteiger partial charge < -0.3 is 19.9 Å². The summed E-state index contributed by atoms with van der Waals surface area (Å²) >= 11 is 0. The molecule has 1 aliphatic heterocycles. The number of hydrogen-bond donors (Lipinski definition) is 1. The van der Waals surface area contributed by atoms with E-state index in [2.05, 4.69) is 38.5 Å². The molecule has 8 heteroatoms. The van der Waals surface area contributed by atoms with Crippen LogP contribution in [0.4, 0.5) is 0 Å². The zero-order valence-electron chi connectivity index (χ0n) is 19.8. The highest BCUT2D eigenvalue weighted by Gasteiger charge is 2.35. The molecule has 0 fully saturated rings. The third-order valence-electron chi connectivity index (χ3n) is 5.43. The van der Waals surface area contributed by atoms with Crippen LogP contribution in [0.1, 0.15) is 58.8 Å². The van der Waals surface area contributed by atoms with Crippen molar-refractivity contribution in [2.45, 2.75) is 70.3 Å². The molecule has 6 nitrogen and oxygen atoms in total. The highest BCUT2D eigenvalue weighted by atomic mass is 33.1. The largest absolute Gasteiger partial charge is 0.496 e. The number of imidazole rings is 1. The van der Waals surface area contributed by atoms with E-state index >= 15 is 0 Å². The maximum absolute atomic E-state index is 13.3. The maximum atomic E-state index is 13.3. The Morgan fingerprint density at radius 1 is 1.31 bits per heavy atom. The molecule has 1 aromatic heterocycles. The van der Waals surface area contributed by atoms with Crippen LogP contribution in [-0.4, -0.2) is 50.6 Å². The Morgan fingerprint density at radius 3 is 2.75 bits per heavy atom. The zero-order valence-corrected chi connectivity index (χ0v) is 21.5. The Kier molecular flexibility index (Phi) is 8.58. The predicted octanol–water partition coefficient (Wildman–Crippen LogP) is 5.14. The number of benzene rings is 1. The van der Waals surface area contributed by atoms with Crippen LogP contribution in [0.3, 0.4) is 0 Å². The Bertz CT molecular complexity index is 910. The summed E-state index contributed by atoms with van der Waals surface area (Å²) in [4.78, 5) is 20.3. The molecule has 176 valence electrons. The van der Waals surface area contributed by atoms with Crippen LogP contribution in [0.2, 0.25) is 0 Å². The van der Waals surface area contributed by atoms with E-state index in [9.17, 15) is 4.79 Å². The molecule has 2 N–H and O–H groups in total. The van der Waals surface area contributed by atoms with Gasteiger partial charge in [-0.05, 0) is 18.6 Å². The van der Waals surface area contributed by atoms with Crippen molar-refractivity contribution in [3.05, 3.63) is 36.3 Å². The fourth-order valence-corrected chi connectivity index (χ4v) is 6.30. The smallest absolute Gasteiger partial charge is 0.241 e. The number of carbonyl (C=O) groups excluding carboxylic acids is 1. The van der Waals surface area contributed by atoms with Gasteiger partial charge in [0.15, 0.2) is 0 Å². The molecule has 0 spiro atoms. The van der Waals surface area contributed by atoms with E-state index in [4.69, 9.17) is 15.5 Å². The van der Waals surface area contributed by atoms with Crippen LogP contribution in [-0.2, 0) is 11.3 Å². The summed E-state index contributed by atoms with van der Waals surface area (Å²) in [6.45, 7) is 10.1. The second-order valence-electron chi connectivity index (χ2n) is 9.15. The average Bonchev–Trinajstić information content (AvgIpc) is 3.20. The highest BCUT2D eigenvalue weighted by Crippen LogP contribution is 2.37. The number of fused-ring (bicyclic) bond motifs is 1. The molecule has 0 saturated carbocycles. The SMILES string of the molecule is CCCCC1c2nc(-c3ccccc3OC)cn2CCN1C(=O)C(N)CSSC(C)(C)C. The Balaban J connectivity index is 1.82. The third-order valence-corrected chi connectivity index (χ3v) is 8.81. The second kappa shape index (κ2) is 11.0. The van der Waals surface area contributed by atoms with Gasteiger partial charge in [-0.3, -0.25) is 4.79 Å². The second-order valence-corrected chi connectivity index (χ2v) is 12.3. The quantitative estimate of drug-likeness (QED) is 0.505. The fourth-order valence-electron chi connectivity index (χ4n) is 3.89. The first-order valence-corrected chi connectivity index (χ1v) is 13.6. The van der Waals surface area contributed by atoms with Gasteiger partial charge in [0.1, 0.15) is 11.6 Å². The lowest BCUT2D eigenvalue weighted by molar-refractivity contribution is -0.136. The highest BCUT2D eigenvalue weighted by molar-refractivity contribution is 8.77. The molecule has 0 bridgehead atoms. The molecule has 2 atom stereocenters. The van der Waals surface area contributed by atoms with Crippen LogP contribution >= 0.6 is 21.6 Å². The van der Waals surface area contributed by atoms with E-state index in [-0.39, 0.29) is 16.7 Å². The minimum Gasteiger partial charge on any atom is -0.496 e. The average molecular weight is 477 g/mol. The van der Waals surface area contributed by atoms with Gasteiger partial charge >= 0.3 is 0 Å². The van der Waals surface area contributed by atoms with E-state index in [1.807, 2.05) is 29.2 Å². The van der Waals surface area contributed by atoms with Crippen molar-refractivity contribution in [3.8, 4) is 17.0 Å². The standard InChI is InChI=1S/C24H36N4O2S2/c1-6-7-11-20-22-26-19(17-10-8-9-12-21(17)30-5)15-27(22)13-14-28(20)23(29)18(25)16-31-32-24(2,3)4/h8-10,12,15,18,20H,6-7,11,13-14,16,25H2,1-5H3. The van der Waals surface area contributed by atoms with Crippen molar-refractivity contribution in [1.29, 1.82) is 0 Å². The lowest BCUT2D eigenvalue weighted by atomic mass is 10.0. The number of nitrogens with zero attached hydrogens (tertiary/aromatic N) is 3. The number of aromatic nitrogens is 2. The molecule has 1 aromatic carbocycles.